The molecule has 0 aliphatic heterocycles. The van der Waals surface area contributed by atoms with E-state index in [2.05, 4.69) is 9.72 Å². The molecular weight excluding hydrogens is 230 g/mol. The van der Waals surface area contributed by atoms with E-state index >= 15 is 0 Å². The Hall–Kier alpha value is -2.03. The summed E-state index contributed by atoms with van der Waals surface area (Å²) in [5.41, 5.74) is -0.817. The van der Waals surface area contributed by atoms with Crippen molar-refractivity contribution in [3.63, 3.8) is 0 Å². The average Bonchev–Trinajstić information content (AvgIpc) is 2.28. The summed E-state index contributed by atoms with van der Waals surface area (Å²) < 4.78 is 30.0. The third-order valence-electron chi connectivity index (χ3n) is 2.06. The normalized spacial score (nSPS) is 10.1. The van der Waals surface area contributed by atoms with Crippen LogP contribution in [0, 0.1) is 18.3 Å². The number of carbonyl (C=O) groups excluding carboxylic acids is 1. The standard InChI is InChI=1S/C11H10F2N2O2/c1-3-17-11(16)9-4-7(10(12)13)8(5-14)6(2)15-9/h4,10H,3H2,1-2H3. The highest BCUT2D eigenvalue weighted by atomic mass is 19.3. The van der Waals surface area contributed by atoms with Gasteiger partial charge in [-0.25, -0.2) is 18.6 Å². The zero-order chi connectivity index (χ0) is 13.0. The van der Waals surface area contributed by atoms with Crippen molar-refractivity contribution in [2.45, 2.75) is 20.3 Å². The topological polar surface area (TPSA) is 63.0 Å². The Morgan fingerprint density at radius 2 is 2.29 bits per heavy atom. The van der Waals surface area contributed by atoms with Gasteiger partial charge in [-0.1, -0.05) is 0 Å². The van der Waals surface area contributed by atoms with Crippen LogP contribution in [0.1, 0.15) is 40.7 Å². The minimum atomic E-state index is -2.83. The van der Waals surface area contributed by atoms with Gasteiger partial charge in [0.2, 0.25) is 0 Å². The van der Waals surface area contributed by atoms with Gasteiger partial charge in [-0.3, -0.25) is 0 Å². The Morgan fingerprint density at radius 1 is 1.65 bits per heavy atom. The number of alkyl halides is 2. The van der Waals surface area contributed by atoms with Gasteiger partial charge in [0.1, 0.15) is 11.8 Å². The first-order valence-corrected chi connectivity index (χ1v) is 4.88. The maximum Gasteiger partial charge on any atom is 0.356 e. The molecule has 0 saturated carbocycles. The van der Waals surface area contributed by atoms with Gasteiger partial charge in [0, 0.05) is 5.56 Å². The Balaban J connectivity index is 3.30. The summed E-state index contributed by atoms with van der Waals surface area (Å²) in [6.07, 6.45) is -2.83. The second-order valence-corrected chi connectivity index (χ2v) is 3.19. The van der Waals surface area contributed by atoms with E-state index in [0.29, 0.717) is 0 Å². The van der Waals surface area contributed by atoms with Crippen LogP contribution in [0.2, 0.25) is 0 Å². The minimum Gasteiger partial charge on any atom is -0.461 e. The molecule has 90 valence electrons. The van der Waals surface area contributed by atoms with Crippen molar-refractivity contribution in [2.24, 2.45) is 0 Å². The van der Waals surface area contributed by atoms with Gasteiger partial charge in [-0.2, -0.15) is 5.26 Å². The van der Waals surface area contributed by atoms with Crippen LogP contribution in [0.25, 0.3) is 0 Å². The highest BCUT2D eigenvalue weighted by Gasteiger charge is 2.20. The predicted octanol–water partition coefficient (Wildman–Crippen LogP) is 2.38. The maximum absolute atomic E-state index is 12.7. The molecule has 0 fully saturated rings. The summed E-state index contributed by atoms with van der Waals surface area (Å²) in [5.74, 6) is -0.776. The maximum atomic E-state index is 12.7. The molecule has 1 heterocycles. The fraction of sp³-hybridized carbons (Fsp3) is 0.364. The fourth-order valence-corrected chi connectivity index (χ4v) is 1.32. The molecule has 0 unspecified atom stereocenters. The quantitative estimate of drug-likeness (QED) is 0.761. The van der Waals surface area contributed by atoms with E-state index in [1.165, 1.54) is 6.92 Å². The number of nitriles is 1. The number of pyridine rings is 1. The van der Waals surface area contributed by atoms with Crippen LogP contribution in [0.5, 0.6) is 0 Å². The summed E-state index contributed by atoms with van der Waals surface area (Å²) in [4.78, 5) is 15.1. The van der Waals surface area contributed by atoms with Crippen molar-refractivity contribution in [1.82, 2.24) is 4.98 Å². The lowest BCUT2D eigenvalue weighted by Gasteiger charge is -2.08. The SMILES string of the molecule is CCOC(=O)c1cc(C(F)F)c(C#N)c(C)n1. The van der Waals surface area contributed by atoms with Crippen LogP contribution >= 0.6 is 0 Å². The molecule has 1 aromatic rings. The summed E-state index contributed by atoms with van der Waals surface area (Å²) >= 11 is 0. The van der Waals surface area contributed by atoms with E-state index in [1.807, 2.05) is 0 Å². The largest absolute Gasteiger partial charge is 0.461 e. The van der Waals surface area contributed by atoms with Gasteiger partial charge in [0.05, 0.1) is 17.9 Å². The second kappa shape index (κ2) is 5.34. The lowest BCUT2D eigenvalue weighted by Crippen LogP contribution is -2.10. The van der Waals surface area contributed by atoms with Crippen LogP contribution in [0.4, 0.5) is 8.78 Å². The van der Waals surface area contributed by atoms with E-state index in [-0.39, 0.29) is 23.6 Å². The molecule has 0 aliphatic rings. The monoisotopic (exact) mass is 240 g/mol. The molecule has 0 amide bonds. The zero-order valence-corrected chi connectivity index (χ0v) is 9.33. The third-order valence-corrected chi connectivity index (χ3v) is 2.06. The van der Waals surface area contributed by atoms with Crippen molar-refractivity contribution < 1.29 is 18.3 Å². The number of aryl methyl sites for hydroxylation is 1. The number of esters is 1. The van der Waals surface area contributed by atoms with Crippen molar-refractivity contribution in [3.05, 3.63) is 28.6 Å². The first-order valence-electron chi connectivity index (χ1n) is 4.88. The van der Waals surface area contributed by atoms with Crippen molar-refractivity contribution in [1.29, 1.82) is 5.26 Å². The van der Waals surface area contributed by atoms with E-state index in [9.17, 15) is 13.6 Å². The molecule has 17 heavy (non-hydrogen) atoms. The van der Waals surface area contributed by atoms with E-state index < -0.39 is 18.0 Å². The van der Waals surface area contributed by atoms with Gasteiger partial charge in [0.15, 0.2) is 0 Å². The van der Waals surface area contributed by atoms with E-state index in [0.717, 1.165) is 6.07 Å². The molecule has 0 saturated heterocycles. The van der Waals surface area contributed by atoms with Crippen LogP contribution in [0.3, 0.4) is 0 Å². The first-order chi connectivity index (χ1) is 8.01. The molecule has 4 nitrogen and oxygen atoms in total. The predicted molar refractivity (Wildman–Crippen MR) is 54.6 cm³/mol. The third kappa shape index (κ3) is 2.75. The van der Waals surface area contributed by atoms with Crippen molar-refractivity contribution >= 4 is 5.97 Å². The lowest BCUT2D eigenvalue weighted by atomic mass is 10.1. The molecule has 0 N–H and O–H groups in total. The van der Waals surface area contributed by atoms with E-state index in [4.69, 9.17) is 5.26 Å². The van der Waals surface area contributed by atoms with Gasteiger partial charge < -0.3 is 4.74 Å². The number of rotatable bonds is 3. The molecule has 0 aromatic carbocycles. The molecule has 6 heteroatoms. The number of ether oxygens (including phenoxy) is 1. The Labute approximate surface area is 96.8 Å². The summed E-state index contributed by atoms with van der Waals surface area (Å²) in [7, 11) is 0. The summed E-state index contributed by atoms with van der Waals surface area (Å²) in [5, 5.41) is 8.74. The van der Waals surface area contributed by atoms with Crippen molar-refractivity contribution in [3.8, 4) is 6.07 Å². The lowest BCUT2D eigenvalue weighted by molar-refractivity contribution is 0.0518. The number of halogens is 2. The van der Waals surface area contributed by atoms with Gasteiger partial charge in [-0.15, -0.1) is 0 Å². The fourth-order valence-electron chi connectivity index (χ4n) is 1.32. The highest BCUT2D eigenvalue weighted by molar-refractivity contribution is 5.87. The van der Waals surface area contributed by atoms with Crippen LogP contribution < -0.4 is 0 Å². The Morgan fingerprint density at radius 3 is 2.76 bits per heavy atom. The first kappa shape index (κ1) is 13.0. The number of aromatic nitrogens is 1. The molecule has 1 rings (SSSR count). The van der Waals surface area contributed by atoms with Crippen molar-refractivity contribution in [2.75, 3.05) is 6.61 Å². The number of hydrogen-bond donors (Lipinski definition) is 0. The summed E-state index contributed by atoms with van der Waals surface area (Å²) in [6, 6.07) is 2.55. The van der Waals surface area contributed by atoms with Gasteiger partial charge in [0.25, 0.3) is 6.43 Å². The molecule has 1 aromatic heterocycles. The number of nitrogens with zero attached hydrogens (tertiary/aromatic N) is 2. The number of carbonyl (C=O) groups is 1. The van der Waals surface area contributed by atoms with Gasteiger partial charge in [-0.05, 0) is 19.9 Å². The van der Waals surface area contributed by atoms with Crippen LogP contribution in [0.15, 0.2) is 6.07 Å². The molecule has 0 spiro atoms. The Kier molecular flexibility index (Phi) is 4.10. The van der Waals surface area contributed by atoms with E-state index in [1.54, 1.807) is 13.0 Å². The summed E-state index contributed by atoms with van der Waals surface area (Å²) in [6.45, 7) is 3.12. The minimum absolute atomic E-state index is 0.0911. The average molecular weight is 240 g/mol. The molecule has 0 aliphatic carbocycles. The molecular formula is C11H10F2N2O2. The van der Waals surface area contributed by atoms with Crippen LogP contribution in [-0.4, -0.2) is 17.6 Å². The molecule has 0 atom stereocenters. The zero-order valence-electron chi connectivity index (χ0n) is 9.33. The smallest absolute Gasteiger partial charge is 0.356 e. The van der Waals surface area contributed by atoms with Crippen LogP contribution in [-0.2, 0) is 4.74 Å². The number of hydrogen-bond acceptors (Lipinski definition) is 4. The Bertz CT molecular complexity index is 481. The molecule has 0 bridgehead atoms. The second-order valence-electron chi connectivity index (χ2n) is 3.19. The molecule has 0 radical (unpaired) electrons. The highest BCUT2D eigenvalue weighted by Crippen LogP contribution is 2.25. The van der Waals surface area contributed by atoms with Gasteiger partial charge >= 0.3 is 5.97 Å².